The highest BCUT2D eigenvalue weighted by Crippen LogP contribution is 2.30. The van der Waals surface area contributed by atoms with Crippen molar-refractivity contribution in [2.45, 2.75) is 11.3 Å². The van der Waals surface area contributed by atoms with E-state index < -0.39 is 11.7 Å². The van der Waals surface area contributed by atoms with Crippen molar-refractivity contribution in [2.75, 3.05) is 25.6 Å². The molecule has 0 radical (unpaired) electrons. The van der Waals surface area contributed by atoms with Crippen molar-refractivity contribution < 1.29 is 22.6 Å². The van der Waals surface area contributed by atoms with Gasteiger partial charge in [0.1, 0.15) is 12.4 Å². The molecule has 0 spiro atoms. The topological polar surface area (TPSA) is 48.7 Å². The van der Waals surface area contributed by atoms with Gasteiger partial charge in [-0.2, -0.15) is 13.2 Å². The third-order valence-corrected chi connectivity index (χ3v) is 4.30. The second-order valence-electron chi connectivity index (χ2n) is 5.25. The van der Waals surface area contributed by atoms with Crippen LogP contribution in [0.25, 0.3) is 5.65 Å². The van der Waals surface area contributed by atoms with E-state index in [1.165, 1.54) is 22.2 Å². The second-order valence-corrected chi connectivity index (χ2v) is 6.31. The molecule has 2 aromatic heterocycles. The molecule has 0 aliphatic rings. The first-order valence-corrected chi connectivity index (χ1v) is 8.83. The molecule has 0 atom stereocenters. The van der Waals surface area contributed by atoms with Gasteiger partial charge in [0, 0.05) is 11.9 Å². The summed E-state index contributed by atoms with van der Waals surface area (Å²) in [5, 5.41) is 8.19. The lowest BCUT2D eigenvalue weighted by Crippen LogP contribution is -2.09. The first-order valence-electron chi connectivity index (χ1n) is 7.84. The van der Waals surface area contributed by atoms with Crippen molar-refractivity contribution in [1.29, 1.82) is 0 Å². The van der Waals surface area contributed by atoms with Crippen molar-refractivity contribution in [1.82, 2.24) is 14.6 Å². The van der Waals surface area contributed by atoms with E-state index in [0.717, 1.165) is 18.0 Å². The largest absolute Gasteiger partial charge is 0.491 e. The molecule has 2 heterocycles. The Bertz CT molecular complexity index is 840. The molecular formula is C17H16F3N3O2S. The highest BCUT2D eigenvalue weighted by Gasteiger charge is 2.31. The van der Waals surface area contributed by atoms with E-state index in [-0.39, 0.29) is 0 Å². The van der Waals surface area contributed by atoms with Crippen LogP contribution in [0.15, 0.2) is 53.8 Å². The van der Waals surface area contributed by atoms with Crippen LogP contribution in [0.2, 0.25) is 0 Å². The minimum atomic E-state index is -4.40. The maximum Gasteiger partial charge on any atom is 0.417 e. The Morgan fingerprint density at radius 2 is 1.77 bits per heavy atom. The zero-order valence-corrected chi connectivity index (χ0v) is 14.5. The molecule has 3 aromatic rings. The Labute approximate surface area is 152 Å². The van der Waals surface area contributed by atoms with Crippen LogP contribution in [0.5, 0.6) is 5.75 Å². The minimum absolute atomic E-state index is 0.373. The molecular weight excluding hydrogens is 367 g/mol. The summed E-state index contributed by atoms with van der Waals surface area (Å²) >= 11 is 1.29. The summed E-state index contributed by atoms with van der Waals surface area (Å²) in [6.07, 6.45) is -3.39. The number of alkyl halides is 3. The number of hydrogen-bond donors (Lipinski definition) is 0. The van der Waals surface area contributed by atoms with Crippen LogP contribution in [-0.4, -0.2) is 40.2 Å². The molecule has 0 unspecified atom stereocenters. The van der Waals surface area contributed by atoms with Crippen LogP contribution in [0.3, 0.4) is 0 Å². The predicted molar refractivity (Wildman–Crippen MR) is 91.5 cm³/mol. The Morgan fingerprint density at radius 1 is 0.962 bits per heavy atom. The fraction of sp³-hybridized carbons (Fsp3) is 0.294. The van der Waals surface area contributed by atoms with Gasteiger partial charge in [-0.3, -0.25) is 4.40 Å². The van der Waals surface area contributed by atoms with E-state index in [4.69, 9.17) is 9.47 Å². The summed E-state index contributed by atoms with van der Waals surface area (Å²) in [6, 6.07) is 11.7. The van der Waals surface area contributed by atoms with Crippen LogP contribution < -0.4 is 4.74 Å². The number of para-hydroxylation sites is 1. The third kappa shape index (κ3) is 4.89. The molecule has 0 bridgehead atoms. The number of ether oxygens (including phenoxy) is 2. The monoisotopic (exact) mass is 383 g/mol. The summed E-state index contributed by atoms with van der Waals surface area (Å²) in [5.41, 5.74) is -0.362. The summed E-state index contributed by atoms with van der Waals surface area (Å²) in [7, 11) is 0. The summed E-state index contributed by atoms with van der Waals surface area (Å²) in [6.45, 7) is 1.28. The van der Waals surface area contributed by atoms with E-state index in [1.807, 2.05) is 30.3 Å². The molecule has 0 saturated heterocycles. The molecule has 1 aromatic carbocycles. The Hall–Kier alpha value is -2.26. The molecule has 9 heteroatoms. The van der Waals surface area contributed by atoms with Crippen LogP contribution in [0, 0.1) is 0 Å². The number of thioether (sulfide) groups is 1. The van der Waals surface area contributed by atoms with E-state index in [0.29, 0.717) is 36.4 Å². The molecule has 0 aliphatic carbocycles. The normalized spacial score (nSPS) is 11.8. The third-order valence-electron chi connectivity index (χ3n) is 3.40. The zero-order valence-electron chi connectivity index (χ0n) is 13.6. The van der Waals surface area contributed by atoms with Crippen LogP contribution in [0.1, 0.15) is 5.56 Å². The van der Waals surface area contributed by atoms with Gasteiger partial charge >= 0.3 is 6.18 Å². The van der Waals surface area contributed by atoms with Crippen LogP contribution in [0.4, 0.5) is 13.2 Å². The van der Waals surface area contributed by atoms with Gasteiger partial charge in [-0.25, -0.2) is 0 Å². The van der Waals surface area contributed by atoms with Gasteiger partial charge in [-0.15, -0.1) is 10.2 Å². The zero-order chi connectivity index (χ0) is 18.4. The molecule has 138 valence electrons. The maximum absolute atomic E-state index is 12.8. The van der Waals surface area contributed by atoms with Crippen molar-refractivity contribution in [3.63, 3.8) is 0 Å². The molecule has 0 N–H and O–H groups in total. The standard InChI is InChI=1S/C17H16F3N3O2S/c18-17(19,20)13-6-7-15-21-22-16(23(15)12-13)26-11-10-24-8-9-25-14-4-2-1-3-5-14/h1-7,12H,8-11H2. The van der Waals surface area contributed by atoms with Gasteiger partial charge in [0.2, 0.25) is 0 Å². The first-order chi connectivity index (χ1) is 12.5. The summed E-state index contributed by atoms with van der Waals surface area (Å²) in [5.74, 6) is 1.32. The van der Waals surface area contributed by atoms with Crippen molar-refractivity contribution in [3.8, 4) is 5.75 Å². The van der Waals surface area contributed by atoms with Crippen molar-refractivity contribution in [3.05, 3.63) is 54.2 Å². The number of nitrogens with zero attached hydrogens (tertiary/aromatic N) is 3. The maximum atomic E-state index is 12.8. The highest BCUT2D eigenvalue weighted by atomic mass is 32.2. The number of benzene rings is 1. The quantitative estimate of drug-likeness (QED) is 0.436. The fourth-order valence-electron chi connectivity index (χ4n) is 2.16. The van der Waals surface area contributed by atoms with Gasteiger partial charge in [-0.1, -0.05) is 30.0 Å². The average Bonchev–Trinajstić information content (AvgIpc) is 3.03. The van der Waals surface area contributed by atoms with E-state index >= 15 is 0 Å². The average molecular weight is 383 g/mol. The number of hydrogen-bond acceptors (Lipinski definition) is 5. The van der Waals surface area contributed by atoms with Crippen LogP contribution in [-0.2, 0) is 10.9 Å². The summed E-state index contributed by atoms with van der Waals surface area (Å²) < 4.78 is 50.7. The molecule has 0 fully saturated rings. The van der Waals surface area contributed by atoms with Gasteiger partial charge in [0.05, 0.1) is 18.8 Å². The first kappa shape index (κ1) is 18.5. The number of fused-ring (bicyclic) bond motifs is 1. The number of rotatable bonds is 8. The lowest BCUT2D eigenvalue weighted by Gasteiger charge is -2.08. The minimum Gasteiger partial charge on any atom is -0.491 e. The molecule has 26 heavy (non-hydrogen) atoms. The molecule has 3 rings (SSSR count). The van der Waals surface area contributed by atoms with Crippen LogP contribution >= 0.6 is 11.8 Å². The highest BCUT2D eigenvalue weighted by molar-refractivity contribution is 7.99. The Kier molecular flexibility index (Phi) is 6.00. The lowest BCUT2D eigenvalue weighted by molar-refractivity contribution is -0.137. The van der Waals surface area contributed by atoms with Gasteiger partial charge < -0.3 is 9.47 Å². The van der Waals surface area contributed by atoms with Crippen molar-refractivity contribution in [2.24, 2.45) is 0 Å². The SMILES string of the molecule is FC(F)(F)c1ccc2nnc(SCCOCCOc3ccccc3)n2c1. The van der Waals surface area contributed by atoms with E-state index in [9.17, 15) is 13.2 Å². The van der Waals surface area contributed by atoms with Gasteiger partial charge in [-0.05, 0) is 24.3 Å². The number of aromatic nitrogens is 3. The van der Waals surface area contributed by atoms with Gasteiger partial charge in [0.15, 0.2) is 10.8 Å². The molecule has 5 nitrogen and oxygen atoms in total. The number of halogens is 3. The molecule has 0 aliphatic heterocycles. The van der Waals surface area contributed by atoms with E-state index in [1.54, 1.807) is 0 Å². The number of pyridine rings is 1. The fourth-order valence-corrected chi connectivity index (χ4v) is 2.93. The predicted octanol–water partition coefficient (Wildman–Crippen LogP) is 3.94. The molecule has 0 saturated carbocycles. The van der Waals surface area contributed by atoms with Gasteiger partial charge in [0.25, 0.3) is 0 Å². The lowest BCUT2D eigenvalue weighted by atomic mass is 10.3. The van der Waals surface area contributed by atoms with E-state index in [2.05, 4.69) is 10.2 Å². The Morgan fingerprint density at radius 3 is 2.54 bits per heavy atom. The molecule has 0 amide bonds. The summed E-state index contributed by atoms with van der Waals surface area (Å²) in [4.78, 5) is 0. The smallest absolute Gasteiger partial charge is 0.417 e. The Balaban J connectivity index is 1.43. The second kappa shape index (κ2) is 8.41. The van der Waals surface area contributed by atoms with Crippen molar-refractivity contribution >= 4 is 17.4 Å².